The topological polar surface area (TPSA) is 71.1 Å². The number of anilines is 1. The Morgan fingerprint density at radius 1 is 0.966 bits per heavy atom. The predicted octanol–water partition coefficient (Wildman–Crippen LogP) is 2.31. The van der Waals surface area contributed by atoms with Gasteiger partial charge in [-0.1, -0.05) is 6.07 Å². The van der Waals surface area contributed by atoms with Crippen LogP contribution in [0.4, 0.5) is 5.69 Å². The van der Waals surface area contributed by atoms with Gasteiger partial charge in [0.05, 0.1) is 4.90 Å². The van der Waals surface area contributed by atoms with Gasteiger partial charge in [0.15, 0.2) is 11.5 Å². The van der Waals surface area contributed by atoms with E-state index in [2.05, 4.69) is 10.2 Å². The zero-order chi connectivity index (χ0) is 19.1. The Balaban J connectivity index is 0.00000205. The van der Waals surface area contributed by atoms with Gasteiger partial charge in [0.2, 0.25) is 16.8 Å². The van der Waals surface area contributed by atoms with Crippen LogP contribution >= 0.6 is 12.4 Å². The molecular formula is C20H24ClN3O4S. The lowest BCUT2D eigenvalue weighted by Gasteiger charge is -2.34. The van der Waals surface area contributed by atoms with Gasteiger partial charge in [0, 0.05) is 45.0 Å². The van der Waals surface area contributed by atoms with E-state index in [0.29, 0.717) is 31.1 Å². The summed E-state index contributed by atoms with van der Waals surface area (Å²) >= 11 is 0. The highest BCUT2D eigenvalue weighted by atomic mass is 35.5. The molecule has 0 aromatic heterocycles. The van der Waals surface area contributed by atoms with Gasteiger partial charge >= 0.3 is 0 Å². The van der Waals surface area contributed by atoms with Crippen LogP contribution in [-0.2, 0) is 23.0 Å². The minimum Gasteiger partial charge on any atom is -0.454 e. The van der Waals surface area contributed by atoms with Crippen LogP contribution in [0.15, 0.2) is 41.3 Å². The molecule has 0 spiro atoms. The van der Waals surface area contributed by atoms with Crippen molar-refractivity contribution in [2.45, 2.75) is 17.9 Å². The molecule has 0 atom stereocenters. The Morgan fingerprint density at radius 3 is 2.59 bits per heavy atom. The molecule has 0 saturated carbocycles. The predicted molar refractivity (Wildman–Crippen MR) is 112 cm³/mol. The van der Waals surface area contributed by atoms with Crippen LogP contribution in [0, 0.1) is 0 Å². The van der Waals surface area contributed by atoms with E-state index in [0.717, 1.165) is 47.8 Å². The molecule has 0 aliphatic carbocycles. The molecule has 3 aliphatic heterocycles. The Morgan fingerprint density at radius 2 is 1.76 bits per heavy atom. The molecule has 1 saturated heterocycles. The highest BCUT2D eigenvalue weighted by Gasteiger charge is 2.29. The van der Waals surface area contributed by atoms with E-state index in [9.17, 15) is 8.42 Å². The molecule has 0 amide bonds. The molecule has 1 fully saturated rings. The van der Waals surface area contributed by atoms with Crippen molar-refractivity contribution in [3.8, 4) is 11.5 Å². The number of halogens is 1. The smallest absolute Gasteiger partial charge is 0.243 e. The van der Waals surface area contributed by atoms with Gasteiger partial charge in [0.1, 0.15) is 0 Å². The number of fused-ring (bicyclic) bond motifs is 2. The lowest BCUT2D eigenvalue weighted by atomic mass is 10.2. The van der Waals surface area contributed by atoms with Crippen LogP contribution in [-0.4, -0.2) is 57.1 Å². The van der Waals surface area contributed by atoms with E-state index >= 15 is 0 Å². The van der Waals surface area contributed by atoms with Crippen molar-refractivity contribution >= 4 is 28.1 Å². The standard InChI is InChI=1S/C20H23N3O4S.ClH/c24-28(25,17-2-3-18-16(12-17)5-6-21-18)23-9-7-22(8-10-23)13-15-1-4-19-20(11-15)27-14-26-19;/h1-4,11-12,21H,5-10,13-14H2;1H. The number of benzene rings is 2. The second-order valence-corrected chi connectivity index (χ2v) is 9.30. The maximum atomic E-state index is 13.0. The van der Waals surface area contributed by atoms with E-state index < -0.39 is 10.0 Å². The summed E-state index contributed by atoms with van der Waals surface area (Å²) in [7, 11) is -3.45. The molecule has 29 heavy (non-hydrogen) atoms. The van der Waals surface area contributed by atoms with Crippen molar-refractivity contribution in [2.75, 3.05) is 44.8 Å². The molecule has 1 N–H and O–H groups in total. The summed E-state index contributed by atoms with van der Waals surface area (Å²) < 4.78 is 38.5. The average molecular weight is 438 g/mol. The summed E-state index contributed by atoms with van der Waals surface area (Å²) in [4.78, 5) is 2.68. The van der Waals surface area contributed by atoms with Gasteiger partial charge in [0.25, 0.3) is 0 Å². The lowest BCUT2D eigenvalue weighted by Crippen LogP contribution is -2.48. The van der Waals surface area contributed by atoms with Gasteiger partial charge in [-0.3, -0.25) is 4.90 Å². The fourth-order valence-corrected chi connectivity index (χ4v) is 5.49. The molecule has 3 aliphatic rings. The maximum Gasteiger partial charge on any atom is 0.243 e. The molecule has 2 aromatic rings. The number of piperazine rings is 1. The first-order chi connectivity index (χ1) is 13.6. The zero-order valence-corrected chi connectivity index (χ0v) is 17.6. The van der Waals surface area contributed by atoms with Crippen LogP contribution in [0.1, 0.15) is 11.1 Å². The quantitative estimate of drug-likeness (QED) is 0.791. The summed E-state index contributed by atoms with van der Waals surface area (Å²) in [5.41, 5.74) is 3.28. The molecular weight excluding hydrogens is 414 g/mol. The molecule has 5 rings (SSSR count). The van der Waals surface area contributed by atoms with E-state index in [4.69, 9.17) is 9.47 Å². The Kier molecular flexibility index (Phi) is 5.61. The Hall–Kier alpha value is -2.00. The van der Waals surface area contributed by atoms with Gasteiger partial charge < -0.3 is 14.8 Å². The van der Waals surface area contributed by atoms with Crippen molar-refractivity contribution in [1.29, 1.82) is 0 Å². The molecule has 7 nitrogen and oxygen atoms in total. The first-order valence-corrected chi connectivity index (χ1v) is 11.0. The van der Waals surface area contributed by atoms with Crippen LogP contribution in [0.5, 0.6) is 11.5 Å². The number of nitrogens with one attached hydrogen (secondary N) is 1. The molecule has 3 heterocycles. The summed E-state index contributed by atoms with van der Waals surface area (Å²) in [6.07, 6.45) is 0.877. The molecule has 156 valence electrons. The summed E-state index contributed by atoms with van der Waals surface area (Å²) in [5.74, 6) is 1.56. The minimum atomic E-state index is -3.45. The Bertz CT molecular complexity index is 1010. The third-order valence-electron chi connectivity index (χ3n) is 5.60. The second-order valence-electron chi connectivity index (χ2n) is 7.36. The maximum absolute atomic E-state index is 13.0. The van der Waals surface area contributed by atoms with E-state index in [-0.39, 0.29) is 19.2 Å². The van der Waals surface area contributed by atoms with E-state index in [1.165, 1.54) is 0 Å². The molecule has 9 heteroatoms. The molecule has 0 bridgehead atoms. The van der Waals surface area contributed by atoms with E-state index in [1.807, 2.05) is 30.3 Å². The number of rotatable bonds is 4. The Labute approximate surface area is 177 Å². The van der Waals surface area contributed by atoms with Crippen molar-refractivity contribution in [1.82, 2.24) is 9.21 Å². The second kappa shape index (κ2) is 8.02. The fraction of sp³-hybridized carbons (Fsp3) is 0.400. The summed E-state index contributed by atoms with van der Waals surface area (Å²) in [6, 6.07) is 11.4. The summed E-state index contributed by atoms with van der Waals surface area (Å²) in [6.45, 7) is 4.34. The first-order valence-electron chi connectivity index (χ1n) is 9.57. The molecule has 0 unspecified atom stereocenters. The summed E-state index contributed by atoms with van der Waals surface area (Å²) in [5, 5.41) is 3.27. The van der Waals surface area contributed by atoms with E-state index in [1.54, 1.807) is 10.4 Å². The van der Waals surface area contributed by atoms with Gasteiger partial charge in [-0.15, -0.1) is 12.4 Å². The van der Waals surface area contributed by atoms with Gasteiger partial charge in [-0.2, -0.15) is 4.31 Å². The lowest BCUT2D eigenvalue weighted by molar-refractivity contribution is 0.173. The molecule has 2 aromatic carbocycles. The largest absolute Gasteiger partial charge is 0.454 e. The van der Waals surface area contributed by atoms with Crippen molar-refractivity contribution < 1.29 is 17.9 Å². The van der Waals surface area contributed by atoms with Crippen LogP contribution < -0.4 is 14.8 Å². The number of ether oxygens (including phenoxy) is 2. The third-order valence-corrected chi connectivity index (χ3v) is 7.49. The number of hydrogen-bond acceptors (Lipinski definition) is 6. The first kappa shape index (κ1) is 20.3. The monoisotopic (exact) mass is 437 g/mol. The fourth-order valence-electron chi connectivity index (χ4n) is 4.02. The molecule has 0 radical (unpaired) electrons. The number of nitrogens with zero attached hydrogens (tertiary/aromatic N) is 2. The van der Waals surface area contributed by atoms with Crippen LogP contribution in [0.25, 0.3) is 0 Å². The third kappa shape index (κ3) is 3.90. The normalized spacial score (nSPS) is 18.8. The van der Waals surface area contributed by atoms with Crippen LogP contribution in [0.3, 0.4) is 0 Å². The number of hydrogen-bond donors (Lipinski definition) is 1. The minimum absolute atomic E-state index is 0. The SMILES string of the molecule is Cl.O=S(=O)(c1ccc2c(c1)CCN2)N1CCN(Cc2ccc3c(c2)OCO3)CC1. The van der Waals surface area contributed by atoms with Crippen molar-refractivity contribution in [2.24, 2.45) is 0 Å². The highest BCUT2D eigenvalue weighted by Crippen LogP contribution is 2.33. The van der Waals surface area contributed by atoms with Crippen molar-refractivity contribution in [3.05, 3.63) is 47.5 Å². The van der Waals surface area contributed by atoms with Gasteiger partial charge in [-0.25, -0.2) is 8.42 Å². The van der Waals surface area contributed by atoms with Gasteiger partial charge in [-0.05, 0) is 47.9 Å². The number of sulfonamides is 1. The van der Waals surface area contributed by atoms with Crippen molar-refractivity contribution in [3.63, 3.8) is 0 Å². The highest BCUT2D eigenvalue weighted by molar-refractivity contribution is 7.89. The zero-order valence-electron chi connectivity index (χ0n) is 16.0. The average Bonchev–Trinajstić information content (AvgIpc) is 3.36. The van der Waals surface area contributed by atoms with Crippen LogP contribution in [0.2, 0.25) is 0 Å².